The first-order chi connectivity index (χ1) is 9.90. The number of imidazole rings is 1. The van der Waals surface area contributed by atoms with Gasteiger partial charge in [0.1, 0.15) is 0 Å². The summed E-state index contributed by atoms with van der Waals surface area (Å²) in [7, 11) is 0. The number of thioether (sulfide) groups is 1. The molecule has 7 heteroatoms. The van der Waals surface area contributed by atoms with Gasteiger partial charge in [0, 0.05) is 11.8 Å². The normalized spacial score (nSPS) is 11.1. The fraction of sp³-hybridized carbons (Fsp3) is 0.286. The summed E-state index contributed by atoms with van der Waals surface area (Å²) in [6.07, 6.45) is 1.62. The molecule has 0 radical (unpaired) electrons. The molecule has 2 aromatic rings. The van der Waals surface area contributed by atoms with Crippen molar-refractivity contribution in [2.24, 2.45) is 0 Å². The minimum absolute atomic E-state index is 0.102. The summed E-state index contributed by atoms with van der Waals surface area (Å²) >= 11 is 1.03. The molecule has 0 unspecified atom stereocenters. The minimum Gasteiger partial charge on any atom is -0.481 e. The Kier molecular flexibility index (Phi) is 4.62. The van der Waals surface area contributed by atoms with Crippen LogP contribution in [0.3, 0.4) is 0 Å². The third-order valence-electron chi connectivity index (χ3n) is 2.83. The highest BCUT2D eigenvalue weighted by molar-refractivity contribution is 7.99. The van der Waals surface area contributed by atoms with Gasteiger partial charge in [-0.1, -0.05) is 25.6 Å². The highest BCUT2D eigenvalue weighted by atomic mass is 32.2. The zero-order valence-electron chi connectivity index (χ0n) is 11.5. The lowest BCUT2D eigenvalue weighted by molar-refractivity contribution is -0.133. The SMILES string of the molecule is CC(C)c1cnc(SCC(=O)O)n1-c1ccc(F)c(F)c1. The van der Waals surface area contributed by atoms with E-state index in [1.165, 1.54) is 6.07 Å². The van der Waals surface area contributed by atoms with Crippen molar-refractivity contribution in [2.75, 3.05) is 5.75 Å². The largest absolute Gasteiger partial charge is 0.481 e. The number of hydrogen-bond acceptors (Lipinski definition) is 3. The molecule has 21 heavy (non-hydrogen) atoms. The Morgan fingerprint density at radius 1 is 1.38 bits per heavy atom. The Balaban J connectivity index is 2.49. The van der Waals surface area contributed by atoms with Crippen LogP contribution in [0.2, 0.25) is 0 Å². The number of benzene rings is 1. The zero-order chi connectivity index (χ0) is 15.6. The summed E-state index contributed by atoms with van der Waals surface area (Å²) < 4.78 is 28.2. The molecule has 0 saturated carbocycles. The lowest BCUT2D eigenvalue weighted by Crippen LogP contribution is -2.06. The molecule has 4 nitrogen and oxygen atoms in total. The molecule has 2 rings (SSSR count). The predicted octanol–water partition coefficient (Wildman–Crippen LogP) is 3.45. The highest BCUT2D eigenvalue weighted by Gasteiger charge is 2.17. The highest BCUT2D eigenvalue weighted by Crippen LogP contribution is 2.28. The standard InChI is InChI=1S/C14H14F2N2O2S/c1-8(2)12-6-17-14(21-7-13(19)20)18(12)9-3-4-10(15)11(16)5-9/h3-6,8H,7H2,1-2H3,(H,19,20). The molecule has 1 heterocycles. The van der Waals surface area contributed by atoms with Gasteiger partial charge in [0.15, 0.2) is 16.8 Å². The summed E-state index contributed by atoms with van der Waals surface area (Å²) in [5.74, 6) is -2.90. The molecule has 1 aromatic carbocycles. The van der Waals surface area contributed by atoms with Crippen LogP contribution in [0.15, 0.2) is 29.6 Å². The van der Waals surface area contributed by atoms with Gasteiger partial charge in [0.25, 0.3) is 0 Å². The second kappa shape index (κ2) is 6.26. The quantitative estimate of drug-likeness (QED) is 0.859. The molecule has 1 N–H and O–H groups in total. The van der Waals surface area contributed by atoms with Crippen molar-refractivity contribution < 1.29 is 18.7 Å². The Bertz CT molecular complexity index is 671. The maximum Gasteiger partial charge on any atom is 0.313 e. The molecule has 0 fully saturated rings. The van der Waals surface area contributed by atoms with Crippen LogP contribution < -0.4 is 0 Å². The zero-order valence-corrected chi connectivity index (χ0v) is 12.3. The average molecular weight is 312 g/mol. The van der Waals surface area contributed by atoms with Gasteiger partial charge in [-0.05, 0) is 18.1 Å². The minimum atomic E-state index is -0.967. The van der Waals surface area contributed by atoms with Crippen molar-refractivity contribution in [1.82, 2.24) is 9.55 Å². The number of carboxylic acid groups (broad SMARTS) is 1. The first kappa shape index (κ1) is 15.5. The van der Waals surface area contributed by atoms with Crippen LogP contribution in [0.5, 0.6) is 0 Å². The van der Waals surface area contributed by atoms with E-state index in [0.717, 1.165) is 29.6 Å². The van der Waals surface area contributed by atoms with Crippen LogP contribution in [0, 0.1) is 11.6 Å². The van der Waals surface area contributed by atoms with E-state index in [1.807, 2.05) is 13.8 Å². The van der Waals surface area contributed by atoms with Crippen LogP contribution in [0.4, 0.5) is 8.78 Å². The number of aromatic nitrogens is 2. The van der Waals surface area contributed by atoms with E-state index < -0.39 is 17.6 Å². The molecule has 0 aliphatic heterocycles. The fourth-order valence-corrected chi connectivity index (χ4v) is 2.59. The van der Waals surface area contributed by atoms with Gasteiger partial charge in [0.2, 0.25) is 0 Å². The van der Waals surface area contributed by atoms with Crippen molar-refractivity contribution in [3.05, 3.63) is 41.7 Å². The summed E-state index contributed by atoms with van der Waals surface area (Å²) in [4.78, 5) is 14.9. The Labute approximate surface area is 124 Å². The summed E-state index contributed by atoms with van der Waals surface area (Å²) in [6, 6.07) is 3.56. The number of carboxylic acids is 1. The maximum atomic E-state index is 13.4. The number of carbonyl (C=O) groups is 1. The van der Waals surface area contributed by atoms with Gasteiger partial charge in [0.05, 0.1) is 17.6 Å². The number of aliphatic carboxylic acids is 1. The lowest BCUT2D eigenvalue weighted by Gasteiger charge is -2.13. The molecule has 0 bridgehead atoms. The second-order valence-electron chi connectivity index (χ2n) is 4.74. The third-order valence-corrected chi connectivity index (χ3v) is 3.77. The molecule has 1 aromatic heterocycles. The van der Waals surface area contributed by atoms with Crippen molar-refractivity contribution in [2.45, 2.75) is 24.9 Å². The molecule has 112 valence electrons. The summed E-state index contributed by atoms with van der Waals surface area (Å²) in [5.41, 5.74) is 1.22. The molecule has 0 atom stereocenters. The van der Waals surface area contributed by atoms with Crippen LogP contribution in [-0.4, -0.2) is 26.4 Å². The van der Waals surface area contributed by atoms with Gasteiger partial charge in [-0.2, -0.15) is 0 Å². The van der Waals surface area contributed by atoms with Gasteiger partial charge >= 0.3 is 5.97 Å². The van der Waals surface area contributed by atoms with E-state index in [1.54, 1.807) is 10.8 Å². The molecular weight excluding hydrogens is 298 g/mol. The van der Waals surface area contributed by atoms with Gasteiger partial charge in [-0.3, -0.25) is 9.36 Å². The van der Waals surface area contributed by atoms with Crippen LogP contribution in [0.1, 0.15) is 25.5 Å². The Morgan fingerprint density at radius 3 is 2.67 bits per heavy atom. The van der Waals surface area contributed by atoms with E-state index in [2.05, 4.69) is 4.98 Å². The lowest BCUT2D eigenvalue weighted by atomic mass is 10.1. The van der Waals surface area contributed by atoms with Crippen LogP contribution in [-0.2, 0) is 4.79 Å². The number of rotatable bonds is 5. The average Bonchev–Trinajstić information content (AvgIpc) is 2.83. The first-order valence-electron chi connectivity index (χ1n) is 6.27. The van der Waals surface area contributed by atoms with E-state index in [0.29, 0.717) is 10.8 Å². The summed E-state index contributed by atoms with van der Waals surface area (Å²) in [6.45, 7) is 3.89. The molecule has 0 aliphatic carbocycles. The van der Waals surface area contributed by atoms with E-state index in [4.69, 9.17) is 5.11 Å². The first-order valence-corrected chi connectivity index (χ1v) is 7.26. The summed E-state index contributed by atoms with van der Waals surface area (Å²) in [5, 5.41) is 9.20. The van der Waals surface area contributed by atoms with Crippen molar-refractivity contribution >= 4 is 17.7 Å². The number of halogens is 2. The van der Waals surface area contributed by atoms with Gasteiger partial charge in [-0.15, -0.1) is 0 Å². The predicted molar refractivity (Wildman–Crippen MR) is 75.9 cm³/mol. The van der Waals surface area contributed by atoms with Gasteiger partial charge < -0.3 is 5.11 Å². The van der Waals surface area contributed by atoms with E-state index in [-0.39, 0.29) is 11.7 Å². The van der Waals surface area contributed by atoms with Crippen molar-refractivity contribution in [3.63, 3.8) is 0 Å². The van der Waals surface area contributed by atoms with Crippen LogP contribution >= 0.6 is 11.8 Å². The van der Waals surface area contributed by atoms with Crippen molar-refractivity contribution in [1.29, 1.82) is 0 Å². The topological polar surface area (TPSA) is 55.1 Å². The van der Waals surface area contributed by atoms with Crippen molar-refractivity contribution in [3.8, 4) is 5.69 Å². The fourth-order valence-electron chi connectivity index (χ4n) is 1.87. The number of nitrogens with zero attached hydrogens (tertiary/aromatic N) is 2. The third kappa shape index (κ3) is 3.41. The molecule has 0 aliphatic rings. The molecule has 0 saturated heterocycles. The van der Waals surface area contributed by atoms with Gasteiger partial charge in [-0.25, -0.2) is 13.8 Å². The second-order valence-corrected chi connectivity index (χ2v) is 5.68. The Morgan fingerprint density at radius 2 is 2.10 bits per heavy atom. The number of hydrogen-bond donors (Lipinski definition) is 1. The Hall–Kier alpha value is -1.89. The van der Waals surface area contributed by atoms with E-state index >= 15 is 0 Å². The maximum absolute atomic E-state index is 13.4. The molecular formula is C14H14F2N2O2S. The van der Waals surface area contributed by atoms with Crippen LogP contribution in [0.25, 0.3) is 5.69 Å². The molecule has 0 amide bonds. The monoisotopic (exact) mass is 312 g/mol. The van der Waals surface area contributed by atoms with E-state index in [9.17, 15) is 13.6 Å². The smallest absolute Gasteiger partial charge is 0.313 e. The molecule has 0 spiro atoms.